The number of carbonyl (C=O) groups excluding carboxylic acids is 2. The number of carbonyl (C=O) groups is 2. The molecule has 1 atom stereocenters. The number of rotatable bonds is 4. The number of nitrogens with zero attached hydrogens (tertiary/aromatic N) is 3. The van der Waals surface area contributed by atoms with Gasteiger partial charge in [0.1, 0.15) is 17.7 Å². The summed E-state index contributed by atoms with van der Waals surface area (Å²) in [7, 11) is 3.52. The summed E-state index contributed by atoms with van der Waals surface area (Å²) < 4.78 is 16.2. The number of hydrogen-bond donors (Lipinski definition) is 2. The first-order valence-corrected chi connectivity index (χ1v) is 10.1. The van der Waals surface area contributed by atoms with Gasteiger partial charge < -0.3 is 15.2 Å². The maximum atomic E-state index is 14.2. The van der Waals surface area contributed by atoms with Crippen LogP contribution in [-0.2, 0) is 17.9 Å². The number of aryl methyl sites for hydroxylation is 1. The normalized spacial score (nSPS) is 15.4. The van der Waals surface area contributed by atoms with E-state index in [2.05, 4.69) is 20.5 Å². The predicted molar refractivity (Wildman–Crippen MR) is 113 cm³/mol. The Morgan fingerprint density at radius 1 is 1.23 bits per heavy atom. The number of imidazole rings is 1. The first kappa shape index (κ1) is 22.0. The lowest BCUT2D eigenvalue weighted by Crippen LogP contribution is -2.53. The molecule has 0 saturated heterocycles. The lowest BCUT2D eigenvalue weighted by atomic mass is 9.86. The standard InChI is InChI=1S/C22H30FN5O2/c1-13-7-8-14(11-15(13)23)19-25-17(16-12-27(6)9-10-28(16)19)20(29)26-18(21(30)24-5)22(2,3)4/h7-8,11,18H,9-10,12H2,1-6H3,(H,24,30)(H,26,29)/t18-/m1/s1. The highest BCUT2D eigenvalue weighted by Gasteiger charge is 2.35. The Morgan fingerprint density at radius 3 is 2.53 bits per heavy atom. The van der Waals surface area contributed by atoms with Crippen LogP contribution in [0.25, 0.3) is 11.4 Å². The van der Waals surface area contributed by atoms with Crippen LogP contribution in [0.5, 0.6) is 0 Å². The van der Waals surface area contributed by atoms with Gasteiger partial charge in [0, 0.05) is 32.2 Å². The molecule has 1 aliphatic rings. The first-order chi connectivity index (χ1) is 14.0. The Balaban J connectivity index is 2.04. The molecule has 2 amide bonds. The molecule has 0 fully saturated rings. The second-order valence-corrected chi connectivity index (χ2v) is 8.97. The average molecular weight is 416 g/mol. The van der Waals surface area contributed by atoms with E-state index in [9.17, 15) is 14.0 Å². The lowest BCUT2D eigenvalue weighted by Gasteiger charge is -2.30. The van der Waals surface area contributed by atoms with E-state index in [1.165, 1.54) is 6.07 Å². The molecule has 2 aromatic rings. The third-order valence-electron chi connectivity index (χ3n) is 5.49. The van der Waals surface area contributed by atoms with Crippen LogP contribution in [0.3, 0.4) is 0 Å². The van der Waals surface area contributed by atoms with E-state index in [-0.39, 0.29) is 17.4 Å². The van der Waals surface area contributed by atoms with Gasteiger partial charge in [-0.05, 0) is 31.0 Å². The molecule has 2 heterocycles. The molecule has 1 aliphatic heterocycles. The molecular weight excluding hydrogens is 385 g/mol. The number of aromatic nitrogens is 2. The first-order valence-electron chi connectivity index (χ1n) is 10.1. The monoisotopic (exact) mass is 415 g/mol. The zero-order valence-electron chi connectivity index (χ0n) is 18.5. The molecule has 0 spiro atoms. The summed E-state index contributed by atoms with van der Waals surface area (Å²) in [5.41, 5.74) is 1.74. The van der Waals surface area contributed by atoms with Crippen LogP contribution in [0.4, 0.5) is 4.39 Å². The van der Waals surface area contributed by atoms with Gasteiger partial charge in [-0.3, -0.25) is 14.5 Å². The maximum absolute atomic E-state index is 14.2. The molecule has 162 valence electrons. The van der Waals surface area contributed by atoms with Crippen molar-refractivity contribution in [3.8, 4) is 11.4 Å². The number of fused-ring (bicyclic) bond motifs is 1. The molecule has 7 nitrogen and oxygen atoms in total. The minimum absolute atomic E-state index is 0.262. The maximum Gasteiger partial charge on any atom is 0.272 e. The second-order valence-electron chi connectivity index (χ2n) is 8.97. The SMILES string of the molecule is CNC(=O)[C@@H](NC(=O)c1nc(-c2ccc(C)c(F)c2)n2c1CN(C)CC2)C(C)(C)C. The van der Waals surface area contributed by atoms with Gasteiger partial charge in [0.25, 0.3) is 5.91 Å². The summed E-state index contributed by atoms with van der Waals surface area (Å²) in [6, 6.07) is 4.26. The van der Waals surface area contributed by atoms with Crippen LogP contribution in [0.1, 0.15) is 42.5 Å². The number of benzene rings is 1. The summed E-state index contributed by atoms with van der Waals surface area (Å²) in [4.78, 5) is 32.3. The van der Waals surface area contributed by atoms with Crippen LogP contribution in [0.2, 0.25) is 0 Å². The van der Waals surface area contributed by atoms with Crippen LogP contribution < -0.4 is 10.6 Å². The van der Waals surface area contributed by atoms with E-state index in [0.717, 1.165) is 12.2 Å². The zero-order chi connectivity index (χ0) is 22.2. The summed E-state index contributed by atoms with van der Waals surface area (Å²) in [5, 5.41) is 5.47. The molecule has 1 aromatic carbocycles. The molecule has 0 bridgehead atoms. The molecule has 0 unspecified atom stereocenters. The van der Waals surface area contributed by atoms with Crippen molar-refractivity contribution >= 4 is 11.8 Å². The smallest absolute Gasteiger partial charge is 0.272 e. The van der Waals surface area contributed by atoms with Crippen molar-refractivity contribution in [1.82, 2.24) is 25.1 Å². The molecule has 8 heteroatoms. The Hall–Kier alpha value is -2.74. The highest BCUT2D eigenvalue weighted by Crippen LogP contribution is 2.28. The third kappa shape index (κ3) is 4.23. The molecular formula is C22H30FN5O2. The van der Waals surface area contributed by atoms with Crippen molar-refractivity contribution in [3.05, 3.63) is 41.0 Å². The topological polar surface area (TPSA) is 79.3 Å². The Kier molecular flexibility index (Phi) is 5.99. The van der Waals surface area contributed by atoms with E-state index >= 15 is 0 Å². The van der Waals surface area contributed by atoms with Gasteiger partial charge in [0.05, 0.1) is 5.69 Å². The van der Waals surface area contributed by atoms with Crippen LogP contribution in [0, 0.1) is 18.2 Å². The van der Waals surface area contributed by atoms with Gasteiger partial charge in [-0.15, -0.1) is 0 Å². The fourth-order valence-corrected chi connectivity index (χ4v) is 3.65. The van der Waals surface area contributed by atoms with E-state index < -0.39 is 17.4 Å². The zero-order valence-corrected chi connectivity index (χ0v) is 18.5. The molecule has 0 aliphatic carbocycles. The predicted octanol–water partition coefficient (Wildman–Crippen LogP) is 2.33. The Bertz CT molecular complexity index is 977. The van der Waals surface area contributed by atoms with Crippen molar-refractivity contribution in [3.63, 3.8) is 0 Å². The molecule has 0 saturated carbocycles. The highest BCUT2D eigenvalue weighted by atomic mass is 19.1. The Morgan fingerprint density at radius 2 is 1.93 bits per heavy atom. The van der Waals surface area contributed by atoms with E-state index in [4.69, 9.17) is 0 Å². The molecule has 30 heavy (non-hydrogen) atoms. The van der Waals surface area contributed by atoms with Gasteiger partial charge in [-0.2, -0.15) is 0 Å². The number of likely N-dealkylation sites (N-methyl/N-ethyl adjacent to an activating group) is 2. The summed E-state index contributed by atoms with van der Waals surface area (Å²) >= 11 is 0. The van der Waals surface area contributed by atoms with Gasteiger partial charge in [-0.25, -0.2) is 9.37 Å². The van der Waals surface area contributed by atoms with Crippen molar-refractivity contribution < 1.29 is 14.0 Å². The quantitative estimate of drug-likeness (QED) is 0.803. The van der Waals surface area contributed by atoms with Crippen LogP contribution >= 0.6 is 0 Å². The van der Waals surface area contributed by atoms with Crippen molar-refractivity contribution in [2.75, 3.05) is 20.6 Å². The largest absolute Gasteiger partial charge is 0.357 e. The van der Waals surface area contributed by atoms with Gasteiger partial charge in [-0.1, -0.05) is 32.9 Å². The third-order valence-corrected chi connectivity index (χ3v) is 5.49. The summed E-state index contributed by atoms with van der Waals surface area (Å²) in [6.45, 7) is 9.38. The molecule has 2 N–H and O–H groups in total. The fourth-order valence-electron chi connectivity index (χ4n) is 3.65. The Labute approximate surface area is 176 Å². The number of hydrogen-bond acceptors (Lipinski definition) is 4. The number of nitrogens with one attached hydrogen (secondary N) is 2. The summed E-state index contributed by atoms with van der Waals surface area (Å²) in [6.07, 6.45) is 0. The van der Waals surface area contributed by atoms with Gasteiger partial charge in [0.2, 0.25) is 5.91 Å². The molecule has 3 rings (SSSR count). The lowest BCUT2D eigenvalue weighted by molar-refractivity contribution is -0.124. The minimum Gasteiger partial charge on any atom is -0.357 e. The minimum atomic E-state index is -0.714. The van der Waals surface area contributed by atoms with E-state index in [1.807, 2.05) is 38.5 Å². The van der Waals surface area contributed by atoms with Crippen molar-refractivity contribution in [2.45, 2.75) is 46.8 Å². The number of halogens is 1. The number of amides is 2. The average Bonchev–Trinajstić information content (AvgIpc) is 3.05. The fraction of sp³-hybridized carbons (Fsp3) is 0.500. The van der Waals surface area contributed by atoms with Crippen LogP contribution in [-0.4, -0.2) is 52.9 Å². The van der Waals surface area contributed by atoms with Crippen molar-refractivity contribution in [1.29, 1.82) is 0 Å². The molecule has 1 aromatic heterocycles. The highest BCUT2D eigenvalue weighted by molar-refractivity contribution is 5.97. The van der Waals surface area contributed by atoms with Gasteiger partial charge >= 0.3 is 0 Å². The molecule has 0 radical (unpaired) electrons. The van der Waals surface area contributed by atoms with Crippen molar-refractivity contribution in [2.24, 2.45) is 5.41 Å². The second kappa shape index (κ2) is 8.18. The van der Waals surface area contributed by atoms with Gasteiger partial charge in [0.15, 0.2) is 5.69 Å². The van der Waals surface area contributed by atoms with Crippen LogP contribution in [0.15, 0.2) is 18.2 Å². The summed E-state index contributed by atoms with van der Waals surface area (Å²) in [5.74, 6) is -0.413. The van der Waals surface area contributed by atoms with E-state index in [0.29, 0.717) is 30.0 Å². The van der Waals surface area contributed by atoms with E-state index in [1.54, 1.807) is 20.0 Å².